The quantitative estimate of drug-likeness (QED) is 0.658. The summed E-state index contributed by atoms with van der Waals surface area (Å²) in [6, 6.07) is 5.61. The van der Waals surface area contributed by atoms with Crippen molar-refractivity contribution in [2.75, 3.05) is 13.7 Å². The average molecular weight is 300 g/mol. The van der Waals surface area contributed by atoms with Crippen molar-refractivity contribution in [1.82, 2.24) is 5.32 Å². The van der Waals surface area contributed by atoms with Crippen LogP contribution < -0.4 is 5.32 Å². The highest BCUT2D eigenvalue weighted by molar-refractivity contribution is 7.16. The number of hydrogen-bond acceptors (Lipinski definition) is 5. The highest BCUT2D eigenvalue weighted by Crippen LogP contribution is 2.21. The minimum Gasteiger partial charge on any atom is -0.467 e. The van der Waals surface area contributed by atoms with Crippen molar-refractivity contribution in [3.8, 4) is 0 Å². The lowest BCUT2D eigenvalue weighted by Gasteiger charge is -2.00. The normalized spacial score (nSPS) is 10.6. The molecule has 2 rings (SSSR count). The molecule has 0 aliphatic carbocycles. The molecule has 0 amide bonds. The Morgan fingerprint density at radius 3 is 3.05 bits per heavy atom. The molecule has 0 radical (unpaired) electrons. The maximum atomic E-state index is 11.2. The number of hydrogen-bond donors (Lipinski definition) is 1. The van der Waals surface area contributed by atoms with E-state index in [4.69, 9.17) is 16.0 Å². The maximum absolute atomic E-state index is 11.2. The molecule has 102 valence electrons. The third-order valence-corrected chi connectivity index (χ3v) is 3.84. The molecule has 2 aromatic heterocycles. The van der Waals surface area contributed by atoms with Crippen molar-refractivity contribution in [3.05, 3.63) is 45.0 Å². The summed E-state index contributed by atoms with van der Waals surface area (Å²) in [4.78, 5) is 12.5. The molecule has 0 saturated heterocycles. The van der Waals surface area contributed by atoms with Gasteiger partial charge in [-0.3, -0.25) is 0 Å². The van der Waals surface area contributed by atoms with E-state index in [2.05, 4.69) is 10.1 Å². The lowest BCUT2D eigenvalue weighted by Crippen LogP contribution is -2.15. The molecule has 0 bridgehead atoms. The summed E-state index contributed by atoms with van der Waals surface area (Å²) in [5.41, 5.74) is 0.435. The highest BCUT2D eigenvalue weighted by atomic mass is 35.5. The first-order valence-corrected chi connectivity index (χ1v) is 6.99. The Bertz CT molecular complexity index is 550. The molecule has 0 unspecified atom stereocenters. The van der Waals surface area contributed by atoms with E-state index in [0.717, 1.165) is 17.3 Å². The Labute approximate surface area is 120 Å². The van der Waals surface area contributed by atoms with Gasteiger partial charge in [-0.05, 0) is 24.6 Å². The Kier molecular flexibility index (Phi) is 5.01. The van der Waals surface area contributed by atoms with Crippen molar-refractivity contribution in [3.63, 3.8) is 0 Å². The van der Waals surface area contributed by atoms with Gasteiger partial charge < -0.3 is 14.5 Å². The van der Waals surface area contributed by atoms with Crippen LogP contribution >= 0.6 is 22.9 Å². The molecule has 0 saturated carbocycles. The molecule has 2 heterocycles. The van der Waals surface area contributed by atoms with E-state index in [0.29, 0.717) is 17.9 Å². The van der Waals surface area contributed by atoms with Gasteiger partial charge in [0.15, 0.2) is 0 Å². The zero-order valence-electron chi connectivity index (χ0n) is 10.4. The van der Waals surface area contributed by atoms with E-state index < -0.39 is 0 Å². The van der Waals surface area contributed by atoms with Gasteiger partial charge in [0.05, 0.1) is 23.6 Å². The fraction of sp³-hybridized carbons (Fsp3) is 0.308. The molecular weight excluding hydrogens is 286 g/mol. The second-order valence-corrected chi connectivity index (χ2v) is 5.73. The van der Waals surface area contributed by atoms with Gasteiger partial charge in [-0.1, -0.05) is 11.6 Å². The van der Waals surface area contributed by atoms with Gasteiger partial charge >= 0.3 is 5.97 Å². The highest BCUT2D eigenvalue weighted by Gasteiger charge is 2.09. The Morgan fingerprint density at radius 1 is 1.53 bits per heavy atom. The van der Waals surface area contributed by atoms with Crippen LogP contribution in [0.3, 0.4) is 0 Å². The van der Waals surface area contributed by atoms with Gasteiger partial charge in [-0.15, -0.1) is 11.3 Å². The minimum absolute atomic E-state index is 0.386. The van der Waals surface area contributed by atoms with Crippen LogP contribution in [0.15, 0.2) is 28.9 Å². The molecule has 2 aromatic rings. The van der Waals surface area contributed by atoms with E-state index in [1.165, 1.54) is 18.3 Å². The van der Waals surface area contributed by atoms with E-state index in [1.807, 2.05) is 12.1 Å². The van der Waals surface area contributed by atoms with Crippen molar-refractivity contribution < 1.29 is 13.9 Å². The van der Waals surface area contributed by atoms with Gasteiger partial charge in [-0.2, -0.15) is 0 Å². The summed E-state index contributed by atoms with van der Waals surface area (Å²) in [5, 5.41) is 3.25. The van der Waals surface area contributed by atoms with E-state index in [-0.39, 0.29) is 5.97 Å². The number of nitrogens with one attached hydrogen (secondary N) is 1. The second kappa shape index (κ2) is 6.75. The predicted molar refractivity (Wildman–Crippen MR) is 74.8 cm³/mol. The zero-order chi connectivity index (χ0) is 13.7. The number of carbonyl (C=O) groups is 1. The number of thiophene rings is 1. The fourth-order valence-electron chi connectivity index (χ4n) is 1.61. The predicted octanol–water partition coefficient (Wildman–Crippen LogP) is 3.11. The van der Waals surface area contributed by atoms with Gasteiger partial charge in [-0.25, -0.2) is 4.79 Å². The third-order valence-electron chi connectivity index (χ3n) is 2.55. The topological polar surface area (TPSA) is 51.5 Å². The van der Waals surface area contributed by atoms with Crippen LogP contribution in [0, 0.1) is 0 Å². The van der Waals surface area contributed by atoms with Crippen molar-refractivity contribution in [2.45, 2.75) is 13.0 Å². The number of carbonyl (C=O) groups excluding carboxylic acids is 1. The molecule has 0 aliphatic heterocycles. The number of rotatable bonds is 6. The lowest BCUT2D eigenvalue weighted by molar-refractivity contribution is 0.0600. The summed E-state index contributed by atoms with van der Waals surface area (Å²) >= 11 is 7.44. The summed E-state index contributed by atoms with van der Waals surface area (Å²) in [7, 11) is 1.35. The molecule has 0 aromatic carbocycles. The number of ether oxygens (including phenoxy) is 1. The van der Waals surface area contributed by atoms with Crippen molar-refractivity contribution >= 4 is 28.9 Å². The minimum atomic E-state index is -0.386. The SMILES string of the molecule is COC(=O)c1coc(CNCCc2ccc(Cl)s2)c1. The first-order valence-electron chi connectivity index (χ1n) is 5.79. The van der Waals surface area contributed by atoms with E-state index >= 15 is 0 Å². The van der Waals surface area contributed by atoms with Gasteiger partial charge in [0, 0.05) is 11.4 Å². The Morgan fingerprint density at radius 2 is 2.37 bits per heavy atom. The van der Waals surface area contributed by atoms with Crippen molar-refractivity contribution in [1.29, 1.82) is 0 Å². The monoisotopic (exact) mass is 299 g/mol. The molecular formula is C13H14ClNO3S. The van der Waals surface area contributed by atoms with Crippen LogP contribution in [0.4, 0.5) is 0 Å². The first kappa shape index (κ1) is 14.1. The Hall–Kier alpha value is -1.30. The van der Waals surface area contributed by atoms with E-state index in [1.54, 1.807) is 17.4 Å². The molecule has 4 nitrogen and oxygen atoms in total. The fourth-order valence-corrected chi connectivity index (χ4v) is 2.69. The molecule has 0 atom stereocenters. The standard InChI is InChI=1S/C13H14ClNO3S/c1-17-13(16)9-6-10(18-8-9)7-15-5-4-11-2-3-12(14)19-11/h2-3,6,8,15H,4-5,7H2,1H3. The average Bonchev–Trinajstić information content (AvgIpc) is 3.03. The lowest BCUT2D eigenvalue weighted by atomic mass is 10.3. The van der Waals surface area contributed by atoms with Gasteiger partial charge in [0.1, 0.15) is 12.0 Å². The summed E-state index contributed by atoms with van der Waals surface area (Å²) in [6.07, 6.45) is 2.32. The summed E-state index contributed by atoms with van der Waals surface area (Å²) in [6.45, 7) is 1.40. The van der Waals surface area contributed by atoms with Crippen LogP contribution in [-0.4, -0.2) is 19.6 Å². The van der Waals surface area contributed by atoms with Crippen LogP contribution in [0.1, 0.15) is 21.0 Å². The maximum Gasteiger partial charge on any atom is 0.341 e. The molecule has 0 fully saturated rings. The van der Waals surface area contributed by atoms with Crippen molar-refractivity contribution in [2.24, 2.45) is 0 Å². The molecule has 1 N–H and O–H groups in total. The van der Waals surface area contributed by atoms with Gasteiger partial charge in [0.2, 0.25) is 0 Å². The molecule has 6 heteroatoms. The van der Waals surface area contributed by atoms with Crippen LogP contribution in [0.2, 0.25) is 4.34 Å². The molecule has 19 heavy (non-hydrogen) atoms. The molecule has 0 aliphatic rings. The van der Waals surface area contributed by atoms with Crippen LogP contribution in [0.25, 0.3) is 0 Å². The number of esters is 1. The van der Waals surface area contributed by atoms with Gasteiger partial charge in [0.25, 0.3) is 0 Å². The third kappa shape index (κ3) is 4.09. The van der Waals surface area contributed by atoms with Crippen LogP contribution in [0.5, 0.6) is 0 Å². The van der Waals surface area contributed by atoms with Crippen LogP contribution in [-0.2, 0) is 17.7 Å². The number of methoxy groups -OCH3 is 1. The zero-order valence-corrected chi connectivity index (χ0v) is 12.0. The number of halogens is 1. The Balaban J connectivity index is 1.73. The second-order valence-electron chi connectivity index (χ2n) is 3.93. The molecule has 0 spiro atoms. The smallest absolute Gasteiger partial charge is 0.341 e. The number of furan rings is 1. The summed E-state index contributed by atoms with van der Waals surface area (Å²) in [5.74, 6) is 0.327. The summed E-state index contributed by atoms with van der Waals surface area (Å²) < 4.78 is 10.7. The largest absolute Gasteiger partial charge is 0.467 e. The van der Waals surface area contributed by atoms with E-state index in [9.17, 15) is 4.79 Å². The first-order chi connectivity index (χ1) is 9.19.